The maximum Gasteiger partial charge on any atom is 0.347 e. The number of rotatable bonds is 3. The van der Waals surface area contributed by atoms with E-state index in [0.717, 1.165) is 12.8 Å². The lowest BCUT2D eigenvalue weighted by Crippen LogP contribution is -2.13. The molecule has 1 heterocycles. The topological polar surface area (TPSA) is 72.2 Å². The SMILES string of the molecule is O=C(Nc1ccc(-c2nc3cc(Cl)ccc3c(=O)o2)cc1)C1CC1. The summed E-state index contributed by atoms with van der Waals surface area (Å²) in [7, 11) is 0. The van der Waals surface area contributed by atoms with Crippen LogP contribution in [0.15, 0.2) is 51.7 Å². The third-order valence-electron chi connectivity index (χ3n) is 3.94. The van der Waals surface area contributed by atoms with Gasteiger partial charge in [-0.25, -0.2) is 9.78 Å². The van der Waals surface area contributed by atoms with Crippen LogP contribution in [0.2, 0.25) is 5.02 Å². The van der Waals surface area contributed by atoms with Gasteiger partial charge in [0.05, 0.1) is 10.9 Å². The second-order valence-corrected chi connectivity index (χ2v) is 6.25. The Hall–Kier alpha value is -2.66. The summed E-state index contributed by atoms with van der Waals surface area (Å²) in [6.07, 6.45) is 1.91. The molecule has 1 saturated carbocycles. The van der Waals surface area contributed by atoms with E-state index in [-0.39, 0.29) is 17.7 Å². The Kier molecular flexibility index (Phi) is 3.58. The largest absolute Gasteiger partial charge is 0.403 e. The van der Waals surface area contributed by atoms with Crippen molar-refractivity contribution in [2.24, 2.45) is 5.92 Å². The molecule has 1 fully saturated rings. The molecule has 2 aromatic carbocycles. The third kappa shape index (κ3) is 2.90. The van der Waals surface area contributed by atoms with Crippen LogP contribution in [0.5, 0.6) is 0 Å². The van der Waals surface area contributed by atoms with Gasteiger partial charge in [0.1, 0.15) is 0 Å². The van der Waals surface area contributed by atoms with Crippen LogP contribution in [-0.2, 0) is 4.79 Å². The number of halogens is 1. The monoisotopic (exact) mass is 340 g/mol. The molecule has 1 N–H and O–H groups in total. The zero-order chi connectivity index (χ0) is 16.7. The molecule has 1 aliphatic rings. The second kappa shape index (κ2) is 5.76. The highest BCUT2D eigenvalue weighted by Gasteiger charge is 2.29. The van der Waals surface area contributed by atoms with Gasteiger partial charge in [0.2, 0.25) is 11.8 Å². The van der Waals surface area contributed by atoms with Crippen molar-refractivity contribution in [3.05, 3.63) is 57.9 Å². The van der Waals surface area contributed by atoms with Crippen molar-refractivity contribution in [2.45, 2.75) is 12.8 Å². The summed E-state index contributed by atoms with van der Waals surface area (Å²) in [5.74, 6) is 0.414. The number of carbonyl (C=O) groups is 1. The lowest BCUT2D eigenvalue weighted by molar-refractivity contribution is -0.117. The molecule has 120 valence electrons. The minimum atomic E-state index is -0.460. The Bertz CT molecular complexity index is 991. The summed E-state index contributed by atoms with van der Waals surface area (Å²) in [6, 6.07) is 11.9. The van der Waals surface area contributed by atoms with Crippen molar-refractivity contribution < 1.29 is 9.21 Å². The van der Waals surface area contributed by atoms with Crippen molar-refractivity contribution in [3.63, 3.8) is 0 Å². The molecule has 4 rings (SSSR count). The first kappa shape index (κ1) is 14.9. The summed E-state index contributed by atoms with van der Waals surface area (Å²) in [5.41, 5.74) is 1.39. The van der Waals surface area contributed by atoms with Gasteiger partial charge in [0, 0.05) is 22.2 Å². The number of fused-ring (bicyclic) bond motifs is 1. The number of hydrogen-bond donors (Lipinski definition) is 1. The van der Waals surface area contributed by atoms with Crippen molar-refractivity contribution >= 4 is 34.1 Å². The van der Waals surface area contributed by atoms with E-state index in [1.165, 1.54) is 0 Å². The molecule has 0 radical (unpaired) electrons. The molecule has 0 saturated heterocycles. The number of amides is 1. The summed E-state index contributed by atoms with van der Waals surface area (Å²) in [5, 5.41) is 3.75. The predicted octanol–water partition coefficient (Wildman–Crippen LogP) is 3.86. The van der Waals surface area contributed by atoms with Crippen molar-refractivity contribution in [3.8, 4) is 11.5 Å². The normalized spacial score (nSPS) is 13.9. The van der Waals surface area contributed by atoms with Gasteiger partial charge in [-0.1, -0.05) is 11.6 Å². The van der Waals surface area contributed by atoms with Gasteiger partial charge in [0.15, 0.2) is 0 Å². The van der Waals surface area contributed by atoms with Crippen LogP contribution in [-0.4, -0.2) is 10.9 Å². The molecule has 5 nitrogen and oxygen atoms in total. The number of carbonyl (C=O) groups excluding carboxylic acids is 1. The van der Waals surface area contributed by atoms with Crippen LogP contribution in [0.1, 0.15) is 12.8 Å². The molecule has 0 unspecified atom stereocenters. The molecule has 0 aliphatic heterocycles. The fraction of sp³-hybridized carbons (Fsp3) is 0.167. The van der Waals surface area contributed by atoms with E-state index in [9.17, 15) is 9.59 Å². The molecular formula is C18H13ClN2O3. The third-order valence-corrected chi connectivity index (χ3v) is 4.17. The van der Waals surface area contributed by atoms with Crippen molar-refractivity contribution in [1.82, 2.24) is 4.98 Å². The number of aromatic nitrogens is 1. The van der Waals surface area contributed by atoms with E-state index in [4.69, 9.17) is 16.0 Å². The van der Waals surface area contributed by atoms with E-state index in [1.54, 1.807) is 42.5 Å². The van der Waals surface area contributed by atoms with E-state index in [0.29, 0.717) is 27.2 Å². The summed E-state index contributed by atoms with van der Waals surface area (Å²) >= 11 is 5.96. The van der Waals surface area contributed by atoms with Crippen LogP contribution < -0.4 is 10.9 Å². The van der Waals surface area contributed by atoms with Crippen molar-refractivity contribution in [2.75, 3.05) is 5.32 Å². The highest BCUT2D eigenvalue weighted by Crippen LogP contribution is 2.30. The minimum absolute atomic E-state index is 0.0488. The molecule has 0 atom stereocenters. The van der Waals surface area contributed by atoms with Gasteiger partial charge in [-0.3, -0.25) is 4.79 Å². The lowest BCUT2D eigenvalue weighted by Gasteiger charge is -2.06. The number of nitrogens with one attached hydrogen (secondary N) is 1. The smallest absolute Gasteiger partial charge is 0.347 e. The first-order chi connectivity index (χ1) is 11.6. The Balaban J connectivity index is 1.66. The Morgan fingerprint density at radius 2 is 1.92 bits per heavy atom. The molecule has 1 amide bonds. The molecule has 6 heteroatoms. The zero-order valence-corrected chi connectivity index (χ0v) is 13.3. The summed E-state index contributed by atoms with van der Waals surface area (Å²) < 4.78 is 5.29. The lowest BCUT2D eigenvalue weighted by atomic mass is 10.2. The number of benzene rings is 2. The average Bonchev–Trinajstić information content (AvgIpc) is 3.40. The molecule has 1 aromatic heterocycles. The maximum absolute atomic E-state index is 12.1. The first-order valence-electron chi connectivity index (χ1n) is 7.62. The van der Waals surface area contributed by atoms with Gasteiger partial charge >= 0.3 is 5.63 Å². The van der Waals surface area contributed by atoms with Crippen molar-refractivity contribution in [1.29, 1.82) is 0 Å². The summed E-state index contributed by atoms with van der Waals surface area (Å²) in [4.78, 5) is 28.2. The van der Waals surface area contributed by atoms with Gasteiger partial charge < -0.3 is 9.73 Å². The van der Waals surface area contributed by atoms with E-state index in [1.807, 2.05) is 0 Å². The minimum Gasteiger partial charge on any atom is -0.403 e. The first-order valence-corrected chi connectivity index (χ1v) is 8.00. The molecule has 0 spiro atoms. The maximum atomic E-state index is 12.1. The molecule has 3 aromatic rings. The van der Waals surface area contributed by atoms with E-state index < -0.39 is 5.63 Å². The van der Waals surface area contributed by atoms with Gasteiger partial charge in [0.25, 0.3) is 0 Å². The Labute approximate surface area is 142 Å². The highest BCUT2D eigenvalue weighted by molar-refractivity contribution is 6.31. The van der Waals surface area contributed by atoms with Crippen LogP contribution in [0.25, 0.3) is 22.4 Å². The fourth-order valence-corrected chi connectivity index (χ4v) is 2.62. The standard InChI is InChI=1S/C18H13ClN2O3/c19-12-5-8-14-15(9-12)21-17(24-18(14)23)11-3-6-13(7-4-11)20-16(22)10-1-2-10/h3-10H,1-2H2,(H,20,22). The van der Waals surface area contributed by atoms with Crippen LogP contribution in [0.3, 0.4) is 0 Å². The molecule has 0 bridgehead atoms. The Morgan fingerprint density at radius 3 is 2.62 bits per heavy atom. The summed E-state index contributed by atoms with van der Waals surface area (Å²) in [6.45, 7) is 0. The Morgan fingerprint density at radius 1 is 1.17 bits per heavy atom. The van der Waals surface area contributed by atoms with Crippen LogP contribution >= 0.6 is 11.6 Å². The zero-order valence-electron chi connectivity index (χ0n) is 12.6. The molecule has 1 aliphatic carbocycles. The van der Waals surface area contributed by atoms with Gasteiger partial charge in [-0.15, -0.1) is 0 Å². The fourth-order valence-electron chi connectivity index (χ4n) is 2.45. The van der Waals surface area contributed by atoms with Gasteiger partial charge in [-0.2, -0.15) is 0 Å². The second-order valence-electron chi connectivity index (χ2n) is 5.81. The van der Waals surface area contributed by atoms with E-state index >= 15 is 0 Å². The molecule has 24 heavy (non-hydrogen) atoms. The van der Waals surface area contributed by atoms with Crippen LogP contribution in [0.4, 0.5) is 5.69 Å². The molecular weight excluding hydrogens is 328 g/mol. The number of anilines is 1. The predicted molar refractivity (Wildman–Crippen MR) is 92.1 cm³/mol. The van der Waals surface area contributed by atoms with Crippen LogP contribution in [0, 0.1) is 5.92 Å². The van der Waals surface area contributed by atoms with Gasteiger partial charge in [-0.05, 0) is 55.3 Å². The quantitative estimate of drug-likeness (QED) is 0.785. The number of hydrogen-bond acceptors (Lipinski definition) is 4. The average molecular weight is 341 g/mol. The highest BCUT2D eigenvalue weighted by atomic mass is 35.5. The number of nitrogens with zero attached hydrogens (tertiary/aromatic N) is 1. The van der Waals surface area contributed by atoms with E-state index in [2.05, 4.69) is 10.3 Å².